The molecule has 0 spiro atoms. The standard InChI is InChI=1S/C23H21FN2O3/c1-16-11-18(7-8-20(16)24)29-22-9-10-25-12-19(22)21-14-28-15-23(27)26(21)13-17-5-3-2-4-6-17/h2-12,21H,13-15H2,1H3. The molecular formula is C23H21FN2O3. The van der Waals surface area contributed by atoms with Crippen molar-refractivity contribution < 1.29 is 18.7 Å². The minimum Gasteiger partial charge on any atom is -0.457 e. The number of carbonyl (C=O) groups excluding carboxylic acids is 1. The molecule has 2 heterocycles. The van der Waals surface area contributed by atoms with Crippen LogP contribution >= 0.6 is 0 Å². The van der Waals surface area contributed by atoms with Crippen LogP contribution < -0.4 is 4.74 Å². The molecule has 5 nitrogen and oxygen atoms in total. The molecular weight excluding hydrogens is 371 g/mol. The molecule has 1 unspecified atom stereocenters. The van der Waals surface area contributed by atoms with Crippen molar-refractivity contribution in [1.82, 2.24) is 9.88 Å². The van der Waals surface area contributed by atoms with Crippen LogP contribution in [0, 0.1) is 12.7 Å². The molecule has 1 atom stereocenters. The highest BCUT2D eigenvalue weighted by atomic mass is 19.1. The molecule has 6 heteroatoms. The number of hydrogen-bond acceptors (Lipinski definition) is 4. The first kappa shape index (κ1) is 19.1. The van der Waals surface area contributed by atoms with Crippen molar-refractivity contribution in [3.8, 4) is 11.5 Å². The van der Waals surface area contributed by atoms with E-state index in [0.717, 1.165) is 11.1 Å². The zero-order valence-electron chi connectivity index (χ0n) is 16.0. The van der Waals surface area contributed by atoms with Crippen molar-refractivity contribution in [1.29, 1.82) is 0 Å². The number of ether oxygens (including phenoxy) is 2. The summed E-state index contributed by atoms with van der Waals surface area (Å²) in [5.41, 5.74) is 2.28. The summed E-state index contributed by atoms with van der Waals surface area (Å²) in [7, 11) is 0. The first-order valence-electron chi connectivity index (χ1n) is 9.41. The minimum absolute atomic E-state index is 0.0525. The van der Waals surface area contributed by atoms with Gasteiger partial charge in [-0.05, 0) is 42.3 Å². The summed E-state index contributed by atoms with van der Waals surface area (Å²) in [4.78, 5) is 18.6. The molecule has 1 aliphatic heterocycles. The third-order valence-corrected chi connectivity index (χ3v) is 4.92. The summed E-state index contributed by atoms with van der Waals surface area (Å²) in [6.07, 6.45) is 3.32. The number of carbonyl (C=O) groups is 1. The molecule has 3 aromatic rings. The van der Waals surface area contributed by atoms with Gasteiger partial charge in [0.2, 0.25) is 5.91 Å². The fourth-order valence-corrected chi connectivity index (χ4v) is 3.39. The van der Waals surface area contributed by atoms with Crippen LogP contribution in [0.1, 0.15) is 22.7 Å². The van der Waals surface area contributed by atoms with Gasteiger partial charge in [0.05, 0.1) is 12.6 Å². The zero-order chi connectivity index (χ0) is 20.2. The van der Waals surface area contributed by atoms with Gasteiger partial charge in [0.25, 0.3) is 0 Å². The predicted molar refractivity (Wildman–Crippen MR) is 106 cm³/mol. The number of pyridine rings is 1. The second-order valence-corrected chi connectivity index (χ2v) is 6.96. The molecule has 0 saturated carbocycles. The number of nitrogens with zero attached hydrogens (tertiary/aromatic N) is 2. The normalized spacial score (nSPS) is 16.7. The van der Waals surface area contributed by atoms with Crippen molar-refractivity contribution >= 4 is 5.91 Å². The summed E-state index contributed by atoms with van der Waals surface area (Å²) >= 11 is 0. The van der Waals surface area contributed by atoms with Gasteiger partial charge in [0.15, 0.2) is 0 Å². The third-order valence-electron chi connectivity index (χ3n) is 4.92. The van der Waals surface area contributed by atoms with E-state index < -0.39 is 0 Å². The molecule has 1 amide bonds. The van der Waals surface area contributed by atoms with Crippen molar-refractivity contribution in [2.24, 2.45) is 0 Å². The second kappa shape index (κ2) is 8.41. The molecule has 1 saturated heterocycles. The highest BCUT2D eigenvalue weighted by molar-refractivity contribution is 5.78. The minimum atomic E-state index is -0.332. The topological polar surface area (TPSA) is 51.7 Å². The third kappa shape index (κ3) is 4.27. The van der Waals surface area contributed by atoms with E-state index in [1.54, 1.807) is 42.4 Å². The van der Waals surface area contributed by atoms with Crippen LogP contribution in [-0.2, 0) is 16.1 Å². The number of amides is 1. The van der Waals surface area contributed by atoms with Gasteiger partial charge in [-0.3, -0.25) is 9.78 Å². The van der Waals surface area contributed by atoms with Crippen LogP contribution in [-0.4, -0.2) is 29.0 Å². The van der Waals surface area contributed by atoms with Crippen molar-refractivity contribution in [3.63, 3.8) is 0 Å². The van der Waals surface area contributed by atoms with E-state index in [0.29, 0.717) is 30.2 Å². The smallest absolute Gasteiger partial charge is 0.249 e. The fourth-order valence-electron chi connectivity index (χ4n) is 3.39. The van der Waals surface area contributed by atoms with E-state index in [4.69, 9.17) is 9.47 Å². The maximum atomic E-state index is 13.6. The van der Waals surface area contributed by atoms with Gasteiger partial charge in [0.1, 0.15) is 23.9 Å². The number of benzene rings is 2. The summed E-state index contributed by atoms with van der Waals surface area (Å²) in [6, 6.07) is 15.8. The maximum absolute atomic E-state index is 13.6. The van der Waals surface area contributed by atoms with E-state index in [1.165, 1.54) is 6.07 Å². The Balaban J connectivity index is 1.65. The lowest BCUT2D eigenvalue weighted by molar-refractivity contribution is -0.149. The number of hydrogen-bond donors (Lipinski definition) is 0. The number of aryl methyl sites for hydroxylation is 1. The van der Waals surface area contributed by atoms with Crippen molar-refractivity contribution in [2.75, 3.05) is 13.2 Å². The number of rotatable bonds is 5. The van der Waals surface area contributed by atoms with Gasteiger partial charge < -0.3 is 14.4 Å². The Hall–Kier alpha value is -3.25. The van der Waals surface area contributed by atoms with E-state index in [2.05, 4.69) is 4.98 Å². The van der Waals surface area contributed by atoms with Gasteiger partial charge >= 0.3 is 0 Å². The van der Waals surface area contributed by atoms with Gasteiger partial charge in [-0.25, -0.2) is 4.39 Å². The van der Waals surface area contributed by atoms with E-state index in [-0.39, 0.29) is 24.4 Å². The lowest BCUT2D eigenvalue weighted by atomic mass is 10.0. The Labute approximate surface area is 168 Å². The summed E-state index contributed by atoms with van der Waals surface area (Å²) in [5.74, 6) is 0.714. The second-order valence-electron chi connectivity index (χ2n) is 6.96. The van der Waals surface area contributed by atoms with Crippen LogP contribution in [0.3, 0.4) is 0 Å². The zero-order valence-corrected chi connectivity index (χ0v) is 16.0. The molecule has 2 aromatic carbocycles. The van der Waals surface area contributed by atoms with Crippen LogP contribution in [0.5, 0.6) is 11.5 Å². The summed E-state index contributed by atoms with van der Waals surface area (Å²) in [5, 5.41) is 0. The number of aromatic nitrogens is 1. The monoisotopic (exact) mass is 392 g/mol. The molecule has 1 aliphatic rings. The molecule has 29 heavy (non-hydrogen) atoms. The lowest BCUT2D eigenvalue weighted by Crippen LogP contribution is -2.43. The Bertz CT molecular complexity index is 1010. The Morgan fingerprint density at radius 3 is 2.83 bits per heavy atom. The Morgan fingerprint density at radius 2 is 2.03 bits per heavy atom. The highest BCUT2D eigenvalue weighted by Crippen LogP contribution is 2.35. The van der Waals surface area contributed by atoms with Crippen LogP contribution in [0.4, 0.5) is 4.39 Å². The van der Waals surface area contributed by atoms with Crippen molar-refractivity contribution in [3.05, 3.63) is 89.5 Å². The quantitative estimate of drug-likeness (QED) is 0.645. The SMILES string of the molecule is Cc1cc(Oc2ccncc2C2COCC(=O)N2Cc2ccccc2)ccc1F. The molecule has 0 aliphatic carbocycles. The first-order chi connectivity index (χ1) is 14.1. The van der Waals surface area contributed by atoms with Crippen LogP contribution in [0.25, 0.3) is 0 Å². The van der Waals surface area contributed by atoms with Gasteiger partial charge in [0, 0.05) is 24.5 Å². The first-order valence-corrected chi connectivity index (χ1v) is 9.41. The van der Waals surface area contributed by atoms with E-state index in [9.17, 15) is 9.18 Å². The molecule has 1 aromatic heterocycles. The Morgan fingerprint density at radius 1 is 1.21 bits per heavy atom. The molecule has 0 radical (unpaired) electrons. The molecule has 0 bridgehead atoms. The Kier molecular flexibility index (Phi) is 5.53. The van der Waals surface area contributed by atoms with Gasteiger partial charge in [-0.15, -0.1) is 0 Å². The van der Waals surface area contributed by atoms with Gasteiger partial charge in [-0.2, -0.15) is 0 Å². The number of morpholine rings is 1. The molecule has 0 N–H and O–H groups in total. The van der Waals surface area contributed by atoms with E-state index in [1.807, 2.05) is 30.3 Å². The van der Waals surface area contributed by atoms with Crippen LogP contribution in [0.2, 0.25) is 0 Å². The largest absolute Gasteiger partial charge is 0.457 e. The number of halogens is 1. The molecule has 148 valence electrons. The lowest BCUT2D eigenvalue weighted by Gasteiger charge is -2.36. The highest BCUT2D eigenvalue weighted by Gasteiger charge is 2.32. The predicted octanol–water partition coefficient (Wildman–Crippen LogP) is 4.42. The summed E-state index contributed by atoms with van der Waals surface area (Å²) < 4.78 is 25.1. The molecule has 1 fully saturated rings. The van der Waals surface area contributed by atoms with Crippen molar-refractivity contribution in [2.45, 2.75) is 19.5 Å². The summed E-state index contributed by atoms with van der Waals surface area (Å²) in [6.45, 7) is 2.56. The average Bonchev–Trinajstić information content (AvgIpc) is 2.74. The van der Waals surface area contributed by atoms with Crippen LogP contribution in [0.15, 0.2) is 67.0 Å². The fraction of sp³-hybridized carbons (Fsp3) is 0.217. The van der Waals surface area contributed by atoms with Gasteiger partial charge in [-0.1, -0.05) is 30.3 Å². The average molecular weight is 392 g/mol. The van der Waals surface area contributed by atoms with E-state index >= 15 is 0 Å². The maximum Gasteiger partial charge on any atom is 0.249 e. The molecule has 4 rings (SSSR count).